The van der Waals surface area contributed by atoms with Gasteiger partial charge in [-0.1, -0.05) is 62.4 Å². The second kappa shape index (κ2) is 8.02. The van der Waals surface area contributed by atoms with Gasteiger partial charge in [0.25, 0.3) is 5.91 Å². The molecular formula is C22H28N2O2. The molecule has 0 bridgehead atoms. The number of carbonyl (C=O) groups is 1. The molecule has 0 saturated carbocycles. The Labute approximate surface area is 156 Å². The summed E-state index contributed by atoms with van der Waals surface area (Å²) in [4.78, 5) is 17.9. The maximum Gasteiger partial charge on any atom is 0.268 e. The SMILES string of the molecule is CCOC1(c2ccccc2)C(=O)N(CCN(CC)CC)c2ccccc21. The fraction of sp³-hybridized carbons (Fsp3) is 0.409. The van der Waals surface area contributed by atoms with Gasteiger partial charge in [0, 0.05) is 25.3 Å². The summed E-state index contributed by atoms with van der Waals surface area (Å²) in [7, 11) is 0. The van der Waals surface area contributed by atoms with Crippen molar-refractivity contribution in [2.45, 2.75) is 26.4 Å². The van der Waals surface area contributed by atoms with Crippen LogP contribution < -0.4 is 4.90 Å². The first-order valence-corrected chi connectivity index (χ1v) is 9.52. The van der Waals surface area contributed by atoms with E-state index >= 15 is 0 Å². The Morgan fingerprint density at radius 2 is 1.62 bits per heavy atom. The van der Waals surface area contributed by atoms with Crippen molar-refractivity contribution < 1.29 is 9.53 Å². The number of para-hydroxylation sites is 1. The molecule has 1 heterocycles. The van der Waals surface area contributed by atoms with Crippen LogP contribution >= 0.6 is 0 Å². The predicted molar refractivity (Wildman–Crippen MR) is 105 cm³/mol. The maximum atomic E-state index is 13.6. The highest BCUT2D eigenvalue weighted by Gasteiger charge is 2.53. The zero-order valence-electron chi connectivity index (χ0n) is 15.9. The van der Waals surface area contributed by atoms with Crippen LogP contribution in [0.5, 0.6) is 0 Å². The Morgan fingerprint density at radius 3 is 2.27 bits per heavy atom. The zero-order chi connectivity index (χ0) is 18.6. The molecule has 138 valence electrons. The predicted octanol–water partition coefficient (Wildman–Crippen LogP) is 3.66. The van der Waals surface area contributed by atoms with Gasteiger partial charge in [0.1, 0.15) is 0 Å². The second-order valence-electron chi connectivity index (χ2n) is 6.48. The van der Waals surface area contributed by atoms with Crippen LogP contribution in [0, 0.1) is 0 Å². The molecule has 4 heteroatoms. The largest absolute Gasteiger partial charge is 0.356 e. The van der Waals surface area contributed by atoms with E-state index < -0.39 is 5.60 Å². The Morgan fingerprint density at radius 1 is 0.962 bits per heavy atom. The fourth-order valence-corrected chi connectivity index (χ4v) is 3.82. The molecule has 0 spiro atoms. The van der Waals surface area contributed by atoms with E-state index in [2.05, 4.69) is 18.7 Å². The third-order valence-electron chi connectivity index (χ3n) is 5.20. The third-order valence-corrected chi connectivity index (χ3v) is 5.20. The Hall–Kier alpha value is -2.17. The minimum atomic E-state index is -1.05. The first kappa shape index (κ1) is 18.6. The van der Waals surface area contributed by atoms with Crippen LogP contribution in [-0.2, 0) is 15.1 Å². The molecule has 0 fully saturated rings. The summed E-state index contributed by atoms with van der Waals surface area (Å²) in [5.41, 5.74) is 1.75. The second-order valence-corrected chi connectivity index (χ2v) is 6.48. The lowest BCUT2D eigenvalue weighted by Crippen LogP contribution is -2.45. The number of amides is 1. The first-order chi connectivity index (χ1) is 12.7. The summed E-state index contributed by atoms with van der Waals surface area (Å²) in [5.74, 6) is 0.0129. The van der Waals surface area contributed by atoms with E-state index in [1.54, 1.807) is 0 Å². The standard InChI is InChI=1S/C22H28N2O2/c1-4-23(5-2)16-17-24-20-15-11-10-14-19(20)22(21(24)25,26-6-3)18-12-8-7-9-13-18/h7-15H,4-6,16-17H2,1-3H3. The van der Waals surface area contributed by atoms with E-state index in [0.29, 0.717) is 13.2 Å². The van der Waals surface area contributed by atoms with Gasteiger partial charge in [-0.05, 0) is 31.6 Å². The number of benzene rings is 2. The Bertz CT molecular complexity index is 743. The molecule has 2 aromatic carbocycles. The summed E-state index contributed by atoms with van der Waals surface area (Å²) in [6.07, 6.45) is 0. The molecule has 1 aliphatic rings. The average molecular weight is 352 g/mol. The van der Waals surface area contributed by atoms with Crippen molar-refractivity contribution in [1.82, 2.24) is 4.90 Å². The summed E-state index contributed by atoms with van der Waals surface area (Å²) in [6.45, 7) is 10.2. The van der Waals surface area contributed by atoms with Crippen LogP contribution in [0.15, 0.2) is 54.6 Å². The highest BCUT2D eigenvalue weighted by molar-refractivity contribution is 6.09. The van der Waals surface area contributed by atoms with Crippen molar-refractivity contribution in [3.05, 3.63) is 65.7 Å². The monoisotopic (exact) mass is 352 g/mol. The lowest BCUT2D eigenvalue weighted by atomic mass is 9.87. The van der Waals surface area contributed by atoms with Crippen LogP contribution in [0.1, 0.15) is 31.9 Å². The number of nitrogens with zero attached hydrogens (tertiary/aromatic N) is 2. The lowest BCUT2D eigenvalue weighted by molar-refractivity contribution is -0.137. The number of rotatable bonds is 8. The molecule has 3 rings (SSSR count). The quantitative estimate of drug-likeness (QED) is 0.727. The van der Waals surface area contributed by atoms with Gasteiger partial charge in [-0.3, -0.25) is 4.79 Å². The number of likely N-dealkylation sites (N-methyl/N-ethyl adjacent to an activating group) is 1. The van der Waals surface area contributed by atoms with Gasteiger partial charge in [-0.2, -0.15) is 0 Å². The number of ether oxygens (including phenoxy) is 1. The minimum Gasteiger partial charge on any atom is -0.356 e. The van der Waals surface area contributed by atoms with Crippen LogP contribution in [-0.4, -0.2) is 43.6 Å². The molecule has 1 unspecified atom stereocenters. The highest BCUT2D eigenvalue weighted by atomic mass is 16.5. The van der Waals surface area contributed by atoms with Gasteiger partial charge in [-0.25, -0.2) is 0 Å². The molecule has 1 aliphatic heterocycles. The number of carbonyl (C=O) groups excluding carboxylic acids is 1. The zero-order valence-corrected chi connectivity index (χ0v) is 15.9. The van der Waals surface area contributed by atoms with E-state index in [1.165, 1.54) is 0 Å². The van der Waals surface area contributed by atoms with E-state index in [9.17, 15) is 4.79 Å². The molecule has 1 atom stereocenters. The van der Waals surface area contributed by atoms with Crippen LogP contribution in [0.3, 0.4) is 0 Å². The molecule has 0 N–H and O–H groups in total. The molecule has 0 aliphatic carbocycles. The normalized spacial score (nSPS) is 19.2. The molecule has 26 heavy (non-hydrogen) atoms. The summed E-state index contributed by atoms with van der Waals surface area (Å²) >= 11 is 0. The third kappa shape index (κ3) is 3.04. The van der Waals surface area contributed by atoms with Gasteiger partial charge in [0.05, 0.1) is 5.69 Å². The average Bonchev–Trinajstić information content (AvgIpc) is 2.93. The number of anilines is 1. The van der Waals surface area contributed by atoms with Crippen molar-refractivity contribution in [3.63, 3.8) is 0 Å². The van der Waals surface area contributed by atoms with E-state index in [-0.39, 0.29) is 5.91 Å². The van der Waals surface area contributed by atoms with Gasteiger partial charge < -0.3 is 14.5 Å². The molecule has 1 amide bonds. The minimum absolute atomic E-state index is 0.0129. The van der Waals surface area contributed by atoms with Crippen molar-refractivity contribution in [2.75, 3.05) is 37.7 Å². The fourth-order valence-electron chi connectivity index (χ4n) is 3.82. The maximum absolute atomic E-state index is 13.6. The number of hydrogen-bond donors (Lipinski definition) is 0. The lowest BCUT2D eigenvalue weighted by Gasteiger charge is -2.30. The Balaban J connectivity index is 2.05. The van der Waals surface area contributed by atoms with Gasteiger partial charge in [0.15, 0.2) is 5.60 Å². The summed E-state index contributed by atoms with van der Waals surface area (Å²) in [5, 5.41) is 0. The van der Waals surface area contributed by atoms with Crippen molar-refractivity contribution in [2.24, 2.45) is 0 Å². The van der Waals surface area contributed by atoms with Crippen molar-refractivity contribution in [1.29, 1.82) is 0 Å². The summed E-state index contributed by atoms with van der Waals surface area (Å²) in [6, 6.07) is 17.9. The smallest absolute Gasteiger partial charge is 0.268 e. The summed E-state index contributed by atoms with van der Waals surface area (Å²) < 4.78 is 6.20. The number of fused-ring (bicyclic) bond motifs is 1. The van der Waals surface area contributed by atoms with Crippen LogP contribution in [0.25, 0.3) is 0 Å². The van der Waals surface area contributed by atoms with E-state index in [4.69, 9.17) is 4.74 Å². The van der Waals surface area contributed by atoms with Crippen LogP contribution in [0.4, 0.5) is 5.69 Å². The van der Waals surface area contributed by atoms with Crippen molar-refractivity contribution in [3.8, 4) is 0 Å². The molecule has 2 aromatic rings. The van der Waals surface area contributed by atoms with E-state index in [0.717, 1.165) is 36.4 Å². The molecular weight excluding hydrogens is 324 g/mol. The molecule has 0 aromatic heterocycles. The van der Waals surface area contributed by atoms with Crippen LogP contribution in [0.2, 0.25) is 0 Å². The molecule has 0 saturated heterocycles. The van der Waals surface area contributed by atoms with Gasteiger partial charge in [0.2, 0.25) is 0 Å². The molecule has 4 nitrogen and oxygen atoms in total. The van der Waals surface area contributed by atoms with Gasteiger partial charge in [-0.15, -0.1) is 0 Å². The number of hydrogen-bond acceptors (Lipinski definition) is 3. The van der Waals surface area contributed by atoms with Crippen molar-refractivity contribution >= 4 is 11.6 Å². The van der Waals surface area contributed by atoms with Gasteiger partial charge >= 0.3 is 0 Å². The first-order valence-electron chi connectivity index (χ1n) is 9.52. The topological polar surface area (TPSA) is 32.8 Å². The Kier molecular flexibility index (Phi) is 5.74. The molecule has 0 radical (unpaired) electrons. The highest BCUT2D eigenvalue weighted by Crippen LogP contribution is 2.46. The van der Waals surface area contributed by atoms with E-state index in [1.807, 2.05) is 66.4 Å².